The lowest BCUT2D eigenvalue weighted by atomic mass is 9.93. The SMILES string of the molecule is CC[C@@H](C)Oc1c(-c2ccccc2)ccc(-c2ccccc2)c1/C=N/C(C)CCCC(C)C. The Morgan fingerprint density at radius 1 is 0.758 bits per heavy atom. The molecule has 0 radical (unpaired) electrons. The van der Waals surface area contributed by atoms with Crippen molar-refractivity contribution in [2.24, 2.45) is 10.9 Å². The van der Waals surface area contributed by atoms with Gasteiger partial charge < -0.3 is 4.74 Å². The van der Waals surface area contributed by atoms with Crippen molar-refractivity contribution in [2.75, 3.05) is 0 Å². The number of ether oxygens (including phenoxy) is 1. The van der Waals surface area contributed by atoms with E-state index in [-0.39, 0.29) is 12.1 Å². The van der Waals surface area contributed by atoms with E-state index in [4.69, 9.17) is 9.73 Å². The molecular weight excluding hydrogens is 402 g/mol. The zero-order valence-electron chi connectivity index (χ0n) is 20.9. The molecule has 0 spiro atoms. The number of nitrogens with zero attached hydrogens (tertiary/aromatic N) is 1. The van der Waals surface area contributed by atoms with Gasteiger partial charge in [-0.15, -0.1) is 0 Å². The Morgan fingerprint density at radius 3 is 1.91 bits per heavy atom. The van der Waals surface area contributed by atoms with Gasteiger partial charge in [0, 0.05) is 23.4 Å². The summed E-state index contributed by atoms with van der Waals surface area (Å²) < 4.78 is 6.60. The van der Waals surface area contributed by atoms with Gasteiger partial charge >= 0.3 is 0 Å². The van der Waals surface area contributed by atoms with Gasteiger partial charge in [0.05, 0.1) is 6.10 Å². The lowest BCUT2D eigenvalue weighted by Gasteiger charge is -2.21. The smallest absolute Gasteiger partial charge is 0.136 e. The number of aliphatic imine (C=N–C) groups is 1. The van der Waals surface area contributed by atoms with Crippen molar-refractivity contribution in [3.63, 3.8) is 0 Å². The molecule has 0 amide bonds. The summed E-state index contributed by atoms with van der Waals surface area (Å²) in [4.78, 5) is 5.00. The Kier molecular flexibility index (Phi) is 9.30. The van der Waals surface area contributed by atoms with E-state index in [0.29, 0.717) is 0 Å². The van der Waals surface area contributed by atoms with E-state index in [1.54, 1.807) is 0 Å². The molecule has 1 unspecified atom stereocenters. The Labute approximate surface area is 200 Å². The second kappa shape index (κ2) is 12.4. The second-order valence-electron chi connectivity index (χ2n) is 9.42. The summed E-state index contributed by atoms with van der Waals surface area (Å²) >= 11 is 0. The van der Waals surface area contributed by atoms with Crippen molar-refractivity contribution < 1.29 is 4.74 Å². The maximum Gasteiger partial charge on any atom is 0.136 e. The predicted molar refractivity (Wildman–Crippen MR) is 143 cm³/mol. The van der Waals surface area contributed by atoms with Gasteiger partial charge in [-0.2, -0.15) is 0 Å². The first-order valence-electron chi connectivity index (χ1n) is 12.5. The molecule has 0 aromatic heterocycles. The van der Waals surface area contributed by atoms with Crippen molar-refractivity contribution in [1.29, 1.82) is 0 Å². The van der Waals surface area contributed by atoms with Gasteiger partial charge in [-0.05, 0) is 55.4 Å². The van der Waals surface area contributed by atoms with E-state index in [9.17, 15) is 0 Å². The van der Waals surface area contributed by atoms with Gasteiger partial charge in [-0.1, -0.05) is 100 Å². The highest BCUT2D eigenvalue weighted by Crippen LogP contribution is 2.39. The minimum absolute atomic E-state index is 0.120. The van der Waals surface area contributed by atoms with Crippen LogP contribution in [0.2, 0.25) is 0 Å². The van der Waals surface area contributed by atoms with Crippen LogP contribution in [-0.2, 0) is 0 Å². The van der Waals surface area contributed by atoms with Crippen LogP contribution in [0.3, 0.4) is 0 Å². The fraction of sp³-hybridized carbons (Fsp3) is 0.387. The number of hydrogen-bond donors (Lipinski definition) is 0. The van der Waals surface area contributed by atoms with E-state index in [1.165, 1.54) is 18.4 Å². The molecule has 3 rings (SSSR count). The van der Waals surface area contributed by atoms with E-state index in [2.05, 4.69) is 114 Å². The summed E-state index contributed by atoms with van der Waals surface area (Å²) in [6, 6.07) is 25.8. The Hall–Kier alpha value is -2.87. The Morgan fingerprint density at radius 2 is 1.33 bits per heavy atom. The van der Waals surface area contributed by atoms with Crippen LogP contribution in [0.15, 0.2) is 77.8 Å². The summed E-state index contributed by atoms with van der Waals surface area (Å²) in [7, 11) is 0. The van der Waals surface area contributed by atoms with Crippen LogP contribution in [0, 0.1) is 5.92 Å². The average molecular weight is 442 g/mol. The molecular formula is C31H39NO. The summed E-state index contributed by atoms with van der Waals surface area (Å²) in [6.45, 7) is 11.1. The first-order valence-corrected chi connectivity index (χ1v) is 12.5. The third kappa shape index (κ3) is 7.05. The molecule has 0 aliphatic rings. The number of rotatable bonds is 11. The van der Waals surface area contributed by atoms with Crippen molar-refractivity contribution in [2.45, 2.75) is 72.4 Å². The molecule has 0 N–H and O–H groups in total. The van der Waals surface area contributed by atoms with E-state index in [1.807, 2.05) is 0 Å². The van der Waals surface area contributed by atoms with Crippen molar-refractivity contribution in [3.05, 3.63) is 78.4 Å². The molecule has 2 heteroatoms. The molecule has 33 heavy (non-hydrogen) atoms. The monoisotopic (exact) mass is 441 g/mol. The molecule has 2 nitrogen and oxygen atoms in total. The highest BCUT2D eigenvalue weighted by Gasteiger charge is 2.18. The minimum Gasteiger partial charge on any atom is -0.489 e. The second-order valence-corrected chi connectivity index (χ2v) is 9.42. The van der Waals surface area contributed by atoms with E-state index >= 15 is 0 Å². The molecule has 3 aromatic rings. The van der Waals surface area contributed by atoms with Crippen LogP contribution in [0.25, 0.3) is 22.3 Å². The highest BCUT2D eigenvalue weighted by atomic mass is 16.5. The van der Waals surface area contributed by atoms with Crippen LogP contribution >= 0.6 is 0 Å². The molecule has 2 atom stereocenters. The Balaban J connectivity index is 2.09. The molecule has 0 heterocycles. The molecule has 0 saturated carbocycles. The summed E-state index contributed by atoms with van der Waals surface area (Å²) in [5.41, 5.74) is 5.69. The fourth-order valence-electron chi connectivity index (χ4n) is 3.95. The average Bonchev–Trinajstić information content (AvgIpc) is 2.83. The fourth-order valence-corrected chi connectivity index (χ4v) is 3.95. The first kappa shape index (κ1) is 24.8. The maximum atomic E-state index is 6.60. The van der Waals surface area contributed by atoms with Gasteiger partial charge in [0.1, 0.15) is 5.75 Å². The highest BCUT2D eigenvalue weighted by molar-refractivity contribution is 5.97. The molecule has 0 fully saturated rings. The van der Waals surface area contributed by atoms with Crippen molar-refractivity contribution in [1.82, 2.24) is 0 Å². The zero-order chi connectivity index (χ0) is 23.6. The largest absolute Gasteiger partial charge is 0.489 e. The lowest BCUT2D eigenvalue weighted by molar-refractivity contribution is 0.218. The molecule has 0 bridgehead atoms. The van der Waals surface area contributed by atoms with Gasteiger partial charge in [-0.25, -0.2) is 0 Å². The third-order valence-electron chi connectivity index (χ3n) is 6.12. The van der Waals surface area contributed by atoms with Gasteiger partial charge in [0.25, 0.3) is 0 Å². The predicted octanol–water partition coefficient (Wildman–Crippen LogP) is 8.83. The van der Waals surface area contributed by atoms with E-state index < -0.39 is 0 Å². The molecule has 0 aliphatic carbocycles. The van der Waals surface area contributed by atoms with Gasteiger partial charge in [0.15, 0.2) is 0 Å². The molecule has 174 valence electrons. The summed E-state index contributed by atoms with van der Waals surface area (Å²) in [5, 5.41) is 0. The normalized spacial score (nSPS) is 13.4. The zero-order valence-corrected chi connectivity index (χ0v) is 20.9. The first-order chi connectivity index (χ1) is 16.0. The number of hydrogen-bond acceptors (Lipinski definition) is 2. The van der Waals surface area contributed by atoms with Crippen LogP contribution in [0.5, 0.6) is 5.75 Å². The van der Waals surface area contributed by atoms with E-state index in [0.717, 1.165) is 46.8 Å². The van der Waals surface area contributed by atoms with Crippen molar-refractivity contribution >= 4 is 6.21 Å². The lowest BCUT2D eigenvalue weighted by Crippen LogP contribution is -2.13. The third-order valence-corrected chi connectivity index (χ3v) is 6.12. The topological polar surface area (TPSA) is 21.6 Å². The standard InChI is InChI=1S/C31H39NO/c1-6-25(5)33-31-29(27-18-11-8-12-19-27)21-20-28(26-16-9-7-10-17-26)30(31)22-32-24(4)15-13-14-23(2)3/h7-12,16-25H,6,13-15H2,1-5H3/b32-22+/t24?,25-/m1/s1. The maximum absolute atomic E-state index is 6.60. The van der Waals surface area contributed by atoms with Crippen LogP contribution in [-0.4, -0.2) is 18.4 Å². The summed E-state index contributed by atoms with van der Waals surface area (Å²) in [6.07, 6.45) is 6.70. The number of benzene rings is 3. The molecule has 0 aliphatic heterocycles. The minimum atomic E-state index is 0.120. The molecule has 3 aromatic carbocycles. The van der Waals surface area contributed by atoms with Gasteiger partial charge in [0.2, 0.25) is 0 Å². The van der Waals surface area contributed by atoms with Crippen LogP contribution < -0.4 is 4.74 Å². The van der Waals surface area contributed by atoms with Crippen LogP contribution in [0.1, 0.15) is 65.9 Å². The van der Waals surface area contributed by atoms with Gasteiger partial charge in [-0.3, -0.25) is 4.99 Å². The van der Waals surface area contributed by atoms with Crippen molar-refractivity contribution in [3.8, 4) is 28.0 Å². The Bertz CT molecular complexity index is 1010. The summed E-state index contributed by atoms with van der Waals surface area (Å²) in [5.74, 6) is 1.67. The quantitative estimate of drug-likeness (QED) is 0.272. The molecule has 0 saturated heterocycles. The van der Waals surface area contributed by atoms with Crippen LogP contribution in [0.4, 0.5) is 0 Å².